The Morgan fingerprint density at radius 3 is 2.11 bits per heavy atom. The van der Waals surface area contributed by atoms with E-state index >= 15 is 0 Å². The number of anilines is 1. The van der Waals surface area contributed by atoms with E-state index in [1.807, 2.05) is 26.0 Å². The fraction of sp³-hybridized carbons (Fsp3) is 0.191. The predicted molar refractivity (Wildman–Crippen MR) is 208 cm³/mol. The third kappa shape index (κ3) is 4.78. The number of fused-ring (bicyclic) bond motifs is 11. The zero-order valence-corrected chi connectivity index (χ0v) is 29.4. The van der Waals surface area contributed by atoms with Crippen molar-refractivity contribution >= 4 is 44.1 Å². The van der Waals surface area contributed by atoms with Gasteiger partial charge in [-0.2, -0.15) is 13.2 Å². The van der Waals surface area contributed by atoms with Crippen molar-refractivity contribution in [2.45, 2.75) is 31.0 Å². The summed E-state index contributed by atoms with van der Waals surface area (Å²) in [6.45, 7) is 7.14. The van der Waals surface area contributed by atoms with E-state index in [0.29, 0.717) is 18.8 Å². The number of halogens is 3. The summed E-state index contributed by atoms with van der Waals surface area (Å²) in [5, 5.41) is 6.56. The van der Waals surface area contributed by atoms with Gasteiger partial charge in [0.15, 0.2) is 5.60 Å². The summed E-state index contributed by atoms with van der Waals surface area (Å²) in [7, 11) is 0. The van der Waals surface area contributed by atoms with E-state index in [1.54, 1.807) is 6.07 Å². The van der Waals surface area contributed by atoms with Gasteiger partial charge in [0.2, 0.25) is 0 Å². The first-order chi connectivity index (χ1) is 25.6. The SMILES string of the molecule is CC1(C)c2cc(C(F)(F)F)ccc2-c2c1c1c(c3ccccc23)OC(c2ccc(N3CCOCC3)cc2)(c2ccc3c(ccc4ccccc43)c2)C=C1. The molecule has 2 aliphatic heterocycles. The van der Waals surface area contributed by atoms with Crippen LogP contribution in [-0.4, -0.2) is 26.3 Å². The molecule has 0 N–H and O–H groups in total. The lowest BCUT2D eigenvalue weighted by molar-refractivity contribution is -0.137. The average molecular weight is 704 g/mol. The summed E-state index contributed by atoms with van der Waals surface area (Å²) in [5.74, 6) is 0.731. The number of nitrogens with zero attached hydrogens (tertiary/aromatic N) is 1. The summed E-state index contributed by atoms with van der Waals surface area (Å²) in [6.07, 6.45) is -0.132. The van der Waals surface area contributed by atoms with Gasteiger partial charge in [-0.05, 0) is 85.6 Å². The molecule has 0 amide bonds. The maximum Gasteiger partial charge on any atom is 0.416 e. The topological polar surface area (TPSA) is 21.7 Å². The van der Waals surface area contributed by atoms with Crippen LogP contribution in [0.1, 0.15) is 47.2 Å². The molecule has 0 spiro atoms. The Morgan fingerprint density at radius 2 is 1.34 bits per heavy atom. The van der Waals surface area contributed by atoms with Gasteiger partial charge in [0.25, 0.3) is 0 Å². The highest BCUT2D eigenvalue weighted by atomic mass is 19.4. The minimum Gasteiger partial charge on any atom is -0.472 e. The molecule has 2 heterocycles. The molecule has 0 radical (unpaired) electrons. The second-order valence-electron chi connectivity index (χ2n) is 15.0. The van der Waals surface area contributed by atoms with Crippen LogP contribution in [-0.2, 0) is 21.9 Å². The smallest absolute Gasteiger partial charge is 0.416 e. The summed E-state index contributed by atoms with van der Waals surface area (Å²) >= 11 is 0. The number of benzene rings is 7. The predicted octanol–water partition coefficient (Wildman–Crippen LogP) is 11.7. The van der Waals surface area contributed by atoms with Crippen LogP contribution >= 0.6 is 0 Å². The lowest BCUT2D eigenvalue weighted by Crippen LogP contribution is -2.37. The van der Waals surface area contributed by atoms with E-state index in [0.717, 1.165) is 74.1 Å². The van der Waals surface area contributed by atoms with Crippen LogP contribution < -0.4 is 9.64 Å². The lowest BCUT2D eigenvalue weighted by atomic mass is 9.76. The van der Waals surface area contributed by atoms with Crippen molar-refractivity contribution in [2.24, 2.45) is 0 Å². The lowest BCUT2D eigenvalue weighted by Gasteiger charge is -2.39. The van der Waals surface area contributed by atoms with Crippen molar-refractivity contribution < 1.29 is 22.6 Å². The first-order valence-corrected chi connectivity index (χ1v) is 18.2. The Morgan fingerprint density at radius 1 is 0.660 bits per heavy atom. The molecule has 10 rings (SSSR count). The highest BCUT2D eigenvalue weighted by Gasteiger charge is 2.45. The molecule has 1 aliphatic carbocycles. The van der Waals surface area contributed by atoms with Crippen molar-refractivity contribution in [3.8, 4) is 16.9 Å². The Hall–Kier alpha value is -5.59. The van der Waals surface area contributed by atoms with Crippen LogP contribution in [0.25, 0.3) is 49.5 Å². The molecule has 1 fully saturated rings. The number of alkyl halides is 3. The Kier molecular flexibility index (Phi) is 6.93. The van der Waals surface area contributed by atoms with Crippen molar-refractivity contribution in [2.75, 3.05) is 31.2 Å². The molecule has 6 heteroatoms. The number of ether oxygens (including phenoxy) is 2. The van der Waals surface area contributed by atoms with E-state index in [-0.39, 0.29) is 0 Å². The first-order valence-electron chi connectivity index (χ1n) is 18.2. The molecule has 53 heavy (non-hydrogen) atoms. The number of hydrogen-bond acceptors (Lipinski definition) is 3. The van der Waals surface area contributed by atoms with Crippen LogP contribution in [0.2, 0.25) is 0 Å². The largest absolute Gasteiger partial charge is 0.472 e. The molecular formula is C47H36F3NO2. The zero-order valence-electron chi connectivity index (χ0n) is 29.4. The van der Waals surface area contributed by atoms with Crippen LogP contribution in [0, 0.1) is 0 Å². The Balaban J connectivity index is 1.20. The van der Waals surface area contributed by atoms with Crippen LogP contribution in [0.15, 0.2) is 127 Å². The first kappa shape index (κ1) is 32.1. The van der Waals surface area contributed by atoms with Gasteiger partial charge in [-0.25, -0.2) is 0 Å². The number of rotatable bonds is 3. The molecule has 0 bridgehead atoms. The monoisotopic (exact) mass is 703 g/mol. The molecule has 3 aliphatic rings. The molecule has 0 saturated carbocycles. The highest BCUT2D eigenvalue weighted by molar-refractivity contribution is 6.09. The quantitative estimate of drug-likeness (QED) is 0.171. The van der Waals surface area contributed by atoms with Gasteiger partial charge in [-0.15, -0.1) is 0 Å². The van der Waals surface area contributed by atoms with Gasteiger partial charge < -0.3 is 14.4 Å². The molecule has 1 unspecified atom stereocenters. The standard InChI is InChI=1S/C47H36F3NO2/c1-45(2)41-28-33(47(48,49)50)16-20-39(41)42-37-9-5-6-10-38(37)44-40(43(42)45)21-22-46(53-44,31-13-17-34(18-14-31)51-23-25-52-26-24-51)32-15-19-36-30(27-32)12-11-29-7-3-4-8-35(29)36/h3-22,27-28H,23-26H2,1-2H3. The summed E-state index contributed by atoms with van der Waals surface area (Å²) in [5.41, 5.74) is 5.14. The van der Waals surface area contributed by atoms with Crippen LogP contribution in [0.4, 0.5) is 18.9 Å². The normalized spacial score (nSPS) is 18.9. The van der Waals surface area contributed by atoms with Crippen LogP contribution in [0.5, 0.6) is 5.75 Å². The van der Waals surface area contributed by atoms with Gasteiger partial charge in [0.1, 0.15) is 5.75 Å². The molecule has 0 aromatic heterocycles. The fourth-order valence-corrected chi connectivity index (χ4v) is 9.07. The minimum atomic E-state index is -4.44. The second-order valence-corrected chi connectivity index (χ2v) is 15.0. The minimum absolute atomic E-state index is 0.634. The fourth-order valence-electron chi connectivity index (χ4n) is 9.07. The van der Waals surface area contributed by atoms with E-state index in [9.17, 15) is 13.2 Å². The molecule has 7 aromatic carbocycles. The second kappa shape index (κ2) is 11.5. The maximum atomic E-state index is 14.0. The zero-order chi connectivity index (χ0) is 36.1. The van der Waals surface area contributed by atoms with Gasteiger partial charge >= 0.3 is 6.18 Å². The van der Waals surface area contributed by atoms with E-state index in [1.165, 1.54) is 28.3 Å². The average Bonchev–Trinajstić information content (AvgIpc) is 3.43. The molecule has 3 nitrogen and oxygen atoms in total. The Bertz CT molecular complexity index is 2650. The van der Waals surface area contributed by atoms with Crippen molar-refractivity contribution in [3.63, 3.8) is 0 Å². The summed E-state index contributed by atoms with van der Waals surface area (Å²) < 4.78 is 55.2. The highest BCUT2D eigenvalue weighted by Crippen LogP contribution is 2.58. The molecular weight excluding hydrogens is 668 g/mol. The third-order valence-corrected chi connectivity index (χ3v) is 11.7. The van der Waals surface area contributed by atoms with Crippen molar-refractivity contribution in [1.29, 1.82) is 0 Å². The molecule has 262 valence electrons. The molecule has 1 saturated heterocycles. The van der Waals surface area contributed by atoms with Gasteiger partial charge in [-0.1, -0.05) is 111 Å². The molecule has 7 aromatic rings. The number of hydrogen-bond donors (Lipinski definition) is 0. The van der Waals surface area contributed by atoms with E-state index in [2.05, 4.69) is 108 Å². The van der Waals surface area contributed by atoms with Gasteiger partial charge in [-0.3, -0.25) is 0 Å². The van der Waals surface area contributed by atoms with Gasteiger partial charge in [0.05, 0.1) is 18.8 Å². The molecule has 1 atom stereocenters. The van der Waals surface area contributed by atoms with Crippen LogP contribution in [0.3, 0.4) is 0 Å². The van der Waals surface area contributed by atoms with Crippen molar-refractivity contribution in [3.05, 3.63) is 161 Å². The van der Waals surface area contributed by atoms with Gasteiger partial charge in [0, 0.05) is 46.3 Å². The number of morpholine rings is 1. The Labute approximate surface area is 305 Å². The summed E-state index contributed by atoms with van der Waals surface area (Å²) in [6, 6.07) is 40.4. The van der Waals surface area contributed by atoms with Crippen molar-refractivity contribution in [1.82, 2.24) is 0 Å². The summed E-state index contributed by atoms with van der Waals surface area (Å²) in [4.78, 5) is 2.34. The van der Waals surface area contributed by atoms with E-state index in [4.69, 9.17) is 9.47 Å². The third-order valence-electron chi connectivity index (χ3n) is 11.7. The maximum absolute atomic E-state index is 14.0. The van der Waals surface area contributed by atoms with E-state index < -0.39 is 22.8 Å².